The van der Waals surface area contributed by atoms with Crippen LogP contribution in [0.4, 0.5) is 13.6 Å². The molecule has 1 heterocycles. The Morgan fingerprint density at radius 2 is 1.88 bits per heavy atom. The second-order valence-corrected chi connectivity index (χ2v) is 5.79. The molecule has 3 rings (SSSR count). The number of hydrogen-bond donors (Lipinski definition) is 3. The summed E-state index contributed by atoms with van der Waals surface area (Å²) in [6, 6.07) is 10.4. The van der Waals surface area contributed by atoms with Gasteiger partial charge in [0.2, 0.25) is 0 Å². The summed E-state index contributed by atoms with van der Waals surface area (Å²) in [7, 11) is 0. The number of benzene rings is 2. The zero-order valence-corrected chi connectivity index (χ0v) is 13.3. The predicted octanol–water partition coefficient (Wildman–Crippen LogP) is 2.30. The molecule has 0 aromatic heterocycles. The third-order valence-electron chi connectivity index (χ3n) is 3.99. The van der Waals surface area contributed by atoms with Crippen LogP contribution in [0, 0.1) is 11.6 Å². The topological polar surface area (TPSA) is 70.6 Å². The van der Waals surface area contributed by atoms with Gasteiger partial charge in [0.05, 0.1) is 12.1 Å². The van der Waals surface area contributed by atoms with Crippen molar-refractivity contribution in [3.8, 4) is 5.75 Å². The molecule has 0 bridgehead atoms. The molecule has 2 aromatic carbocycles. The van der Waals surface area contributed by atoms with E-state index in [-0.39, 0.29) is 19.2 Å². The summed E-state index contributed by atoms with van der Waals surface area (Å²) in [5.74, 6) is -0.904. The van der Waals surface area contributed by atoms with Gasteiger partial charge in [-0.25, -0.2) is 13.6 Å². The number of carbonyl (C=O) groups excluding carboxylic acids is 1. The Bertz CT molecular complexity index is 724. The summed E-state index contributed by atoms with van der Waals surface area (Å²) in [6.07, 6.45) is -0.949. The fourth-order valence-corrected chi connectivity index (χ4v) is 2.76. The van der Waals surface area contributed by atoms with Gasteiger partial charge in [0.15, 0.2) is 0 Å². The van der Waals surface area contributed by atoms with Crippen LogP contribution < -0.4 is 15.4 Å². The Morgan fingerprint density at radius 1 is 1.16 bits per heavy atom. The number of hydrogen-bond acceptors (Lipinski definition) is 3. The molecular formula is C18H18F2N2O3. The standard InChI is InChI=1S/C18H18F2N2O3/c19-13-5-3-6-14(20)17(13)15(23)10-22-18(24)21-9-12-8-11-4-1-2-7-16(11)25-12/h1-7,12,15,23H,8-10H2,(H2,21,22,24). The number of halogens is 2. The molecule has 0 fully saturated rings. The number of aliphatic hydroxyl groups is 1. The van der Waals surface area contributed by atoms with Crippen molar-refractivity contribution in [2.45, 2.75) is 18.6 Å². The van der Waals surface area contributed by atoms with Crippen LogP contribution in [0.5, 0.6) is 5.75 Å². The highest BCUT2D eigenvalue weighted by molar-refractivity contribution is 5.73. The van der Waals surface area contributed by atoms with E-state index in [1.54, 1.807) is 0 Å². The summed E-state index contributed by atoms with van der Waals surface area (Å²) in [4.78, 5) is 11.8. The predicted molar refractivity (Wildman–Crippen MR) is 87.3 cm³/mol. The fourth-order valence-electron chi connectivity index (χ4n) is 2.76. The Kier molecular flexibility index (Phi) is 5.14. The SMILES string of the molecule is O=C(NCC1Cc2ccccc2O1)NCC(O)c1c(F)cccc1F. The van der Waals surface area contributed by atoms with Crippen LogP contribution in [-0.4, -0.2) is 30.3 Å². The summed E-state index contributed by atoms with van der Waals surface area (Å²) in [5, 5.41) is 14.9. The van der Waals surface area contributed by atoms with Gasteiger partial charge in [0.1, 0.15) is 29.6 Å². The number of urea groups is 1. The highest BCUT2D eigenvalue weighted by Gasteiger charge is 2.23. The minimum Gasteiger partial charge on any atom is -0.488 e. The molecule has 0 aliphatic carbocycles. The minimum absolute atomic E-state index is 0.169. The average molecular weight is 348 g/mol. The zero-order valence-electron chi connectivity index (χ0n) is 13.3. The van der Waals surface area contributed by atoms with Crippen LogP contribution in [0.2, 0.25) is 0 Å². The van der Waals surface area contributed by atoms with Crippen molar-refractivity contribution < 1.29 is 23.4 Å². The summed E-state index contributed by atoms with van der Waals surface area (Å²) in [6.45, 7) is -0.0277. The largest absolute Gasteiger partial charge is 0.488 e. The van der Waals surface area contributed by atoms with E-state index in [0.29, 0.717) is 6.42 Å². The Hall–Kier alpha value is -2.67. The number of carbonyl (C=O) groups is 1. The van der Waals surface area contributed by atoms with Gasteiger partial charge in [-0.1, -0.05) is 24.3 Å². The van der Waals surface area contributed by atoms with Crippen molar-refractivity contribution in [1.82, 2.24) is 10.6 Å². The zero-order chi connectivity index (χ0) is 17.8. The van der Waals surface area contributed by atoms with Gasteiger partial charge in [0, 0.05) is 13.0 Å². The van der Waals surface area contributed by atoms with E-state index in [1.807, 2.05) is 24.3 Å². The molecule has 0 saturated carbocycles. The van der Waals surface area contributed by atoms with Crippen LogP contribution in [0.15, 0.2) is 42.5 Å². The third-order valence-corrected chi connectivity index (χ3v) is 3.99. The van der Waals surface area contributed by atoms with E-state index in [9.17, 15) is 18.7 Å². The first-order valence-corrected chi connectivity index (χ1v) is 7.93. The maximum absolute atomic E-state index is 13.6. The van der Waals surface area contributed by atoms with Gasteiger partial charge in [-0.05, 0) is 23.8 Å². The van der Waals surface area contributed by atoms with Crippen molar-refractivity contribution in [2.24, 2.45) is 0 Å². The number of para-hydroxylation sites is 1. The van der Waals surface area contributed by atoms with E-state index in [4.69, 9.17) is 4.74 Å². The van der Waals surface area contributed by atoms with E-state index < -0.39 is 29.3 Å². The van der Waals surface area contributed by atoms with Gasteiger partial charge in [-0.15, -0.1) is 0 Å². The highest BCUT2D eigenvalue weighted by Crippen LogP contribution is 2.27. The van der Waals surface area contributed by atoms with E-state index in [1.165, 1.54) is 6.07 Å². The summed E-state index contributed by atoms with van der Waals surface area (Å²) >= 11 is 0. The minimum atomic E-state index is -1.47. The summed E-state index contributed by atoms with van der Waals surface area (Å²) < 4.78 is 32.8. The molecule has 0 spiro atoms. The smallest absolute Gasteiger partial charge is 0.315 e. The molecule has 132 valence electrons. The lowest BCUT2D eigenvalue weighted by Gasteiger charge is -2.16. The molecule has 7 heteroatoms. The molecule has 1 aliphatic heterocycles. The highest BCUT2D eigenvalue weighted by atomic mass is 19.1. The quantitative estimate of drug-likeness (QED) is 0.777. The van der Waals surface area contributed by atoms with Gasteiger partial charge in [-0.2, -0.15) is 0 Å². The number of nitrogens with one attached hydrogen (secondary N) is 2. The van der Waals surface area contributed by atoms with Gasteiger partial charge in [-0.3, -0.25) is 0 Å². The average Bonchev–Trinajstić information content (AvgIpc) is 3.01. The van der Waals surface area contributed by atoms with Crippen molar-refractivity contribution in [3.63, 3.8) is 0 Å². The fraction of sp³-hybridized carbons (Fsp3) is 0.278. The molecule has 1 aliphatic rings. The number of fused-ring (bicyclic) bond motifs is 1. The van der Waals surface area contributed by atoms with Gasteiger partial charge >= 0.3 is 6.03 Å². The number of ether oxygens (including phenoxy) is 1. The molecule has 2 unspecified atom stereocenters. The molecule has 2 amide bonds. The number of rotatable bonds is 5. The van der Waals surface area contributed by atoms with E-state index in [0.717, 1.165) is 23.4 Å². The lowest BCUT2D eigenvalue weighted by molar-refractivity contribution is 0.163. The third kappa shape index (κ3) is 4.06. The summed E-state index contributed by atoms with van der Waals surface area (Å²) in [5.41, 5.74) is 0.623. The second-order valence-electron chi connectivity index (χ2n) is 5.79. The Labute approximate surface area is 143 Å². The normalized spacial score (nSPS) is 16.7. The molecule has 2 aromatic rings. The van der Waals surface area contributed by atoms with Gasteiger partial charge in [0.25, 0.3) is 0 Å². The lowest BCUT2D eigenvalue weighted by Crippen LogP contribution is -2.42. The molecular weight excluding hydrogens is 330 g/mol. The first kappa shape index (κ1) is 17.2. The van der Waals surface area contributed by atoms with Crippen molar-refractivity contribution in [1.29, 1.82) is 0 Å². The van der Waals surface area contributed by atoms with Crippen LogP contribution in [0.3, 0.4) is 0 Å². The van der Waals surface area contributed by atoms with E-state index in [2.05, 4.69) is 10.6 Å². The molecule has 25 heavy (non-hydrogen) atoms. The maximum Gasteiger partial charge on any atom is 0.315 e. The molecule has 0 saturated heterocycles. The molecule has 0 radical (unpaired) electrons. The van der Waals surface area contributed by atoms with Crippen LogP contribution in [-0.2, 0) is 6.42 Å². The van der Waals surface area contributed by atoms with E-state index >= 15 is 0 Å². The van der Waals surface area contributed by atoms with Crippen LogP contribution in [0.25, 0.3) is 0 Å². The Morgan fingerprint density at radius 3 is 2.60 bits per heavy atom. The van der Waals surface area contributed by atoms with Gasteiger partial charge < -0.3 is 20.5 Å². The molecule has 2 atom stereocenters. The van der Waals surface area contributed by atoms with Crippen molar-refractivity contribution in [2.75, 3.05) is 13.1 Å². The van der Waals surface area contributed by atoms with Crippen molar-refractivity contribution >= 4 is 6.03 Å². The van der Waals surface area contributed by atoms with Crippen LogP contribution >= 0.6 is 0 Å². The van der Waals surface area contributed by atoms with Crippen molar-refractivity contribution in [3.05, 3.63) is 65.2 Å². The maximum atomic E-state index is 13.6. The molecule has 3 N–H and O–H groups in total. The van der Waals surface area contributed by atoms with Crippen LogP contribution in [0.1, 0.15) is 17.2 Å². The molecule has 5 nitrogen and oxygen atoms in total. The lowest BCUT2D eigenvalue weighted by atomic mass is 10.1. The Balaban J connectivity index is 1.44. The monoisotopic (exact) mass is 348 g/mol. The number of aliphatic hydroxyl groups excluding tert-OH is 1. The first-order valence-electron chi connectivity index (χ1n) is 7.93. The first-order chi connectivity index (χ1) is 12.0. The second kappa shape index (κ2) is 7.48. The number of amides is 2.